The van der Waals surface area contributed by atoms with Gasteiger partial charge in [-0.25, -0.2) is 14.3 Å². The Morgan fingerprint density at radius 1 is 1.05 bits per heavy atom. The molecule has 42 heavy (non-hydrogen) atoms. The average molecular weight is 581 g/mol. The third kappa shape index (κ3) is 6.96. The van der Waals surface area contributed by atoms with Gasteiger partial charge in [-0.2, -0.15) is 18.3 Å². The Kier molecular flexibility index (Phi) is 8.70. The number of hydrogen-bond donors (Lipinski definition) is 1. The number of ether oxygens (including phenoxy) is 2. The van der Waals surface area contributed by atoms with Crippen molar-refractivity contribution in [2.75, 3.05) is 18.5 Å². The SMILES string of the molecule is CCOC(=O)C=CCOc1cccc(-c2ccc3nc(-c4ccc(C)c(NC(=O)C(C)(C)C)c4)cn3n2)c1C(F)(F)F. The number of rotatable bonds is 8. The highest BCUT2D eigenvalue weighted by Gasteiger charge is 2.38. The molecule has 0 saturated heterocycles. The van der Waals surface area contributed by atoms with E-state index < -0.39 is 28.9 Å². The molecule has 11 heteroatoms. The second kappa shape index (κ2) is 12.1. The molecule has 0 aliphatic carbocycles. The molecule has 4 aromatic rings. The Hall–Kier alpha value is -4.67. The lowest BCUT2D eigenvalue weighted by molar-refractivity contribution is -0.139. The Labute approximate surface area is 241 Å². The number of imidazole rings is 1. The van der Waals surface area contributed by atoms with Gasteiger partial charge in [0.25, 0.3) is 0 Å². The highest BCUT2D eigenvalue weighted by molar-refractivity contribution is 5.95. The van der Waals surface area contributed by atoms with Crippen LogP contribution in [0, 0.1) is 12.3 Å². The average Bonchev–Trinajstić information content (AvgIpc) is 3.34. The van der Waals surface area contributed by atoms with Crippen LogP contribution in [-0.2, 0) is 20.5 Å². The molecule has 1 N–H and O–H groups in total. The van der Waals surface area contributed by atoms with E-state index in [1.807, 2.05) is 39.8 Å². The summed E-state index contributed by atoms with van der Waals surface area (Å²) in [5.41, 5.74) is 1.51. The van der Waals surface area contributed by atoms with E-state index in [1.165, 1.54) is 34.9 Å². The smallest absolute Gasteiger partial charge is 0.420 e. The number of benzene rings is 2. The summed E-state index contributed by atoms with van der Waals surface area (Å²) in [6.45, 7) is 8.91. The van der Waals surface area contributed by atoms with Crippen molar-refractivity contribution in [3.05, 3.63) is 78.0 Å². The minimum Gasteiger partial charge on any atom is -0.489 e. The Morgan fingerprint density at radius 3 is 2.50 bits per heavy atom. The third-order valence-corrected chi connectivity index (χ3v) is 6.24. The fourth-order valence-corrected chi connectivity index (χ4v) is 4.02. The van der Waals surface area contributed by atoms with Gasteiger partial charge in [-0.05, 0) is 49.8 Å². The normalized spacial score (nSPS) is 12.1. The standard InChI is InChI=1S/C31H31F3N4O4/c1-6-41-27(39)11-8-16-42-25-10-7-9-21(28(25)31(32,33)34)22-14-15-26-35-24(18-38(26)37-22)20-13-12-19(2)23(17-20)36-29(40)30(3,4)5/h7-15,17-18H,6,16H2,1-5H3,(H,36,40). The van der Waals surface area contributed by atoms with Gasteiger partial charge in [-0.1, -0.05) is 45.0 Å². The maximum Gasteiger partial charge on any atom is 0.420 e. The van der Waals surface area contributed by atoms with Gasteiger partial charge in [0, 0.05) is 28.3 Å². The molecule has 220 valence electrons. The molecule has 8 nitrogen and oxygen atoms in total. The number of carbonyl (C=O) groups excluding carboxylic acids is 2. The van der Waals surface area contributed by atoms with E-state index in [9.17, 15) is 22.8 Å². The number of alkyl halides is 3. The molecule has 0 bridgehead atoms. The predicted octanol–water partition coefficient (Wildman–Crippen LogP) is 6.87. The van der Waals surface area contributed by atoms with Gasteiger partial charge < -0.3 is 14.8 Å². The van der Waals surface area contributed by atoms with Gasteiger partial charge in [0.05, 0.1) is 24.2 Å². The number of carbonyl (C=O) groups is 2. The van der Waals surface area contributed by atoms with E-state index in [0.717, 1.165) is 11.6 Å². The fourth-order valence-electron chi connectivity index (χ4n) is 4.02. The van der Waals surface area contributed by atoms with Crippen LogP contribution in [0.15, 0.2) is 66.9 Å². The van der Waals surface area contributed by atoms with Crippen LogP contribution < -0.4 is 10.1 Å². The summed E-state index contributed by atoms with van der Waals surface area (Å²) in [6.07, 6.45) is -0.745. The van der Waals surface area contributed by atoms with Crippen molar-refractivity contribution in [1.82, 2.24) is 14.6 Å². The van der Waals surface area contributed by atoms with Gasteiger partial charge in [0.15, 0.2) is 5.65 Å². The molecular weight excluding hydrogens is 549 g/mol. The van der Waals surface area contributed by atoms with Crippen LogP contribution in [-0.4, -0.2) is 39.7 Å². The number of nitrogens with zero attached hydrogens (tertiary/aromatic N) is 3. The lowest BCUT2D eigenvalue weighted by atomic mass is 9.95. The lowest BCUT2D eigenvalue weighted by Gasteiger charge is -2.19. The van der Waals surface area contributed by atoms with Crippen molar-refractivity contribution in [3.63, 3.8) is 0 Å². The van der Waals surface area contributed by atoms with Gasteiger partial charge >= 0.3 is 12.1 Å². The van der Waals surface area contributed by atoms with E-state index in [-0.39, 0.29) is 30.4 Å². The van der Waals surface area contributed by atoms with Gasteiger partial charge in [-0.3, -0.25) is 4.79 Å². The van der Waals surface area contributed by atoms with Crippen molar-refractivity contribution in [2.24, 2.45) is 5.41 Å². The molecule has 4 rings (SSSR count). The van der Waals surface area contributed by atoms with E-state index in [1.54, 1.807) is 25.3 Å². The van der Waals surface area contributed by atoms with Crippen molar-refractivity contribution < 1.29 is 32.2 Å². The van der Waals surface area contributed by atoms with Crippen molar-refractivity contribution in [2.45, 2.75) is 40.8 Å². The summed E-state index contributed by atoms with van der Waals surface area (Å²) in [6, 6.07) is 12.5. The Bertz CT molecular complexity index is 1650. The molecule has 0 atom stereocenters. The first-order chi connectivity index (χ1) is 19.8. The molecule has 0 aliphatic heterocycles. The molecule has 0 radical (unpaired) electrons. The van der Waals surface area contributed by atoms with Crippen molar-refractivity contribution in [3.8, 4) is 28.3 Å². The summed E-state index contributed by atoms with van der Waals surface area (Å²) in [5, 5.41) is 7.37. The van der Waals surface area contributed by atoms with E-state index >= 15 is 0 Å². The molecule has 2 heterocycles. The number of aromatic nitrogens is 3. The highest BCUT2D eigenvalue weighted by Crippen LogP contribution is 2.42. The van der Waals surface area contributed by atoms with E-state index in [4.69, 9.17) is 9.47 Å². The zero-order chi connectivity index (χ0) is 30.7. The maximum absolute atomic E-state index is 14.3. The number of fused-ring (bicyclic) bond motifs is 1. The zero-order valence-electron chi connectivity index (χ0n) is 23.9. The minimum absolute atomic E-state index is 0.0633. The second-order valence-electron chi connectivity index (χ2n) is 10.5. The first-order valence-corrected chi connectivity index (χ1v) is 13.2. The molecule has 2 aromatic carbocycles. The van der Waals surface area contributed by atoms with E-state index in [0.29, 0.717) is 22.6 Å². The van der Waals surface area contributed by atoms with Crippen LogP contribution in [0.2, 0.25) is 0 Å². The monoisotopic (exact) mass is 580 g/mol. The number of amides is 1. The number of anilines is 1. The van der Waals surface area contributed by atoms with Crippen molar-refractivity contribution in [1.29, 1.82) is 0 Å². The molecule has 0 spiro atoms. The summed E-state index contributed by atoms with van der Waals surface area (Å²) < 4.78 is 54.3. The van der Waals surface area contributed by atoms with Crippen LogP contribution >= 0.6 is 0 Å². The molecule has 2 aromatic heterocycles. The molecule has 0 fully saturated rings. The second-order valence-corrected chi connectivity index (χ2v) is 10.5. The van der Waals surface area contributed by atoms with E-state index in [2.05, 4.69) is 15.4 Å². The Morgan fingerprint density at radius 2 is 1.81 bits per heavy atom. The Balaban J connectivity index is 1.67. The molecule has 0 aliphatic rings. The summed E-state index contributed by atoms with van der Waals surface area (Å²) >= 11 is 0. The zero-order valence-corrected chi connectivity index (χ0v) is 23.9. The highest BCUT2D eigenvalue weighted by atomic mass is 19.4. The van der Waals surface area contributed by atoms with Crippen LogP contribution in [0.4, 0.5) is 18.9 Å². The van der Waals surface area contributed by atoms with Gasteiger partial charge in [0.1, 0.15) is 17.9 Å². The quantitative estimate of drug-likeness (QED) is 0.181. The minimum atomic E-state index is -4.75. The first kappa shape index (κ1) is 30.3. The number of esters is 1. The van der Waals surface area contributed by atoms with Crippen LogP contribution in [0.3, 0.4) is 0 Å². The van der Waals surface area contributed by atoms with Crippen molar-refractivity contribution >= 4 is 23.2 Å². The fraction of sp³-hybridized carbons (Fsp3) is 0.290. The first-order valence-electron chi connectivity index (χ1n) is 13.2. The summed E-state index contributed by atoms with van der Waals surface area (Å²) in [7, 11) is 0. The third-order valence-electron chi connectivity index (χ3n) is 6.24. The number of nitrogens with one attached hydrogen (secondary N) is 1. The van der Waals surface area contributed by atoms with Crippen LogP contribution in [0.25, 0.3) is 28.2 Å². The number of halogens is 3. The predicted molar refractivity (Wildman–Crippen MR) is 153 cm³/mol. The van der Waals surface area contributed by atoms with Gasteiger partial charge in [-0.15, -0.1) is 0 Å². The molecular formula is C31H31F3N4O4. The largest absolute Gasteiger partial charge is 0.489 e. The molecule has 0 saturated carbocycles. The van der Waals surface area contributed by atoms with Crippen LogP contribution in [0.1, 0.15) is 38.8 Å². The molecule has 1 amide bonds. The molecule has 0 unspecified atom stereocenters. The number of hydrogen-bond acceptors (Lipinski definition) is 6. The topological polar surface area (TPSA) is 94.8 Å². The summed E-state index contributed by atoms with van der Waals surface area (Å²) in [4.78, 5) is 28.6. The van der Waals surface area contributed by atoms with Crippen LogP contribution in [0.5, 0.6) is 5.75 Å². The van der Waals surface area contributed by atoms with Gasteiger partial charge in [0.2, 0.25) is 5.91 Å². The summed E-state index contributed by atoms with van der Waals surface area (Å²) in [5.74, 6) is -1.14. The number of aryl methyl sites for hydroxylation is 1. The lowest BCUT2D eigenvalue weighted by Crippen LogP contribution is -2.27. The maximum atomic E-state index is 14.3.